The molecule has 0 saturated heterocycles. The average molecular weight is 212 g/mol. The summed E-state index contributed by atoms with van der Waals surface area (Å²) in [5.74, 6) is 0.877. The van der Waals surface area contributed by atoms with Crippen LogP contribution in [-0.2, 0) is 11.2 Å². The third-order valence-corrected chi connectivity index (χ3v) is 3.79. The van der Waals surface area contributed by atoms with Crippen molar-refractivity contribution in [3.63, 3.8) is 0 Å². The van der Waals surface area contributed by atoms with E-state index in [9.17, 15) is 4.79 Å². The van der Waals surface area contributed by atoms with E-state index in [2.05, 4.69) is 30.3 Å². The lowest BCUT2D eigenvalue weighted by atomic mass is 9.74. The molecule has 82 valence electrons. The maximum absolute atomic E-state index is 12.0. The van der Waals surface area contributed by atoms with Gasteiger partial charge < -0.3 is 0 Å². The van der Waals surface area contributed by atoms with Crippen LogP contribution in [0.5, 0.6) is 0 Å². The summed E-state index contributed by atoms with van der Waals surface area (Å²) in [6.07, 6.45) is 7.22. The lowest BCUT2D eigenvalue weighted by molar-refractivity contribution is -0.116. The van der Waals surface area contributed by atoms with Crippen molar-refractivity contribution in [2.24, 2.45) is 0 Å². The third-order valence-electron chi connectivity index (χ3n) is 3.79. The van der Waals surface area contributed by atoms with Gasteiger partial charge in [0.15, 0.2) is 5.78 Å². The van der Waals surface area contributed by atoms with Crippen molar-refractivity contribution in [3.8, 4) is 0 Å². The molecule has 1 nitrogen and oxygen atoms in total. The van der Waals surface area contributed by atoms with Crippen LogP contribution in [0.4, 0.5) is 0 Å². The van der Waals surface area contributed by atoms with E-state index >= 15 is 0 Å². The fraction of sp³-hybridized carbons (Fsp3) is 0.400. The molecule has 0 aromatic heterocycles. The van der Waals surface area contributed by atoms with Gasteiger partial charge >= 0.3 is 0 Å². The molecule has 0 spiro atoms. The first-order valence-corrected chi connectivity index (χ1v) is 6.14. The highest BCUT2D eigenvalue weighted by molar-refractivity contribution is 5.96. The Morgan fingerprint density at radius 3 is 2.94 bits per heavy atom. The Kier molecular flexibility index (Phi) is 2.39. The zero-order valence-corrected chi connectivity index (χ0v) is 9.41. The van der Waals surface area contributed by atoms with Gasteiger partial charge in [-0.1, -0.05) is 30.3 Å². The second-order valence-corrected chi connectivity index (χ2v) is 4.85. The van der Waals surface area contributed by atoms with Gasteiger partial charge in [-0.15, -0.1) is 0 Å². The van der Waals surface area contributed by atoms with E-state index in [1.807, 2.05) is 0 Å². The smallest absolute Gasteiger partial charge is 0.159 e. The van der Waals surface area contributed by atoms with Gasteiger partial charge in [0, 0.05) is 6.42 Å². The van der Waals surface area contributed by atoms with E-state index in [0.717, 1.165) is 31.3 Å². The molecule has 1 aromatic carbocycles. The molecular formula is C15H16O. The molecule has 0 saturated carbocycles. The molecule has 1 aromatic rings. The number of carbonyl (C=O) groups excluding carboxylic acids is 1. The van der Waals surface area contributed by atoms with Crippen LogP contribution in [0.1, 0.15) is 42.7 Å². The van der Waals surface area contributed by atoms with Gasteiger partial charge in [-0.05, 0) is 48.3 Å². The minimum absolute atomic E-state index is 0.386. The molecule has 16 heavy (non-hydrogen) atoms. The molecule has 0 radical (unpaired) electrons. The van der Waals surface area contributed by atoms with Crippen LogP contribution < -0.4 is 0 Å². The summed E-state index contributed by atoms with van der Waals surface area (Å²) in [4.78, 5) is 12.0. The van der Waals surface area contributed by atoms with E-state index in [1.54, 1.807) is 0 Å². The lowest BCUT2D eigenvalue weighted by Gasteiger charge is -2.29. The number of rotatable bonds is 3. The Bertz CT molecular complexity index is 456. The molecule has 0 N–H and O–H groups in total. The number of benzene rings is 1. The summed E-state index contributed by atoms with van der Waals surface area (Å²) in [7, 11) is 0. The molecule has 0 aliphatic heterocycles. The molecule has 1 unspecified atom stereocenters. The minimum atomic E-state index is 0.386. The molecule has 0 bridgehead atoms. The number of carbonyl (C=O) groups is 1. The third kappa shape index (κ3) is 1.60. The van der Waals surface area contributed by atoms with Crippen molar-refractivity contribution < 1.29 is 4.79 Å². The number of hydrogen-bond acceptors (Lipinski definition) is 1. The summed E-state index contributed by atoms with van der Waals surface area (Å²) < 4.78 is 0. The molecule has 2 aliphatic carbocycles. The predicted molar refractivity (Wildman–Crippen MR) is 64.4 cm³/mol. The number of fused-ring (bicyclic) bond motifs is 1. The lowest BCUT2D eigenvalue weighted by Crippen LogP contribution is -2.20. The van der Waals surface area contributed by atoms with Gasteiger partial charge in [0.2, 0.25) is 0 Å². The van der Waals surface area contributed by atoms with Crippen molar-refractivity contribution >= 4 is 5.78 Å². The number of Topliss-reactive ketones (excluding diaryl/α,β-unsaturated/α-hetero) is 1. The molecule has 3 rings (SSSR count). The Morgan fingerprint density at radius 2 is 2.19 bits per heavy atom. The fourth-order valence-electron chi connectivity index (χ4n) is 2.82. The summed E-state index contributed by atoms with van der Waals surface area (Å²) in [6, 6.07) is 8.49. The topological polar surface area (TPSA) is 17.1 Å². The number of ketones is 1. The largest absolute Gasteiger partial charge is 0.295 e. The maximum atomic E-state index is 12.0. The first-order valence-electron chi connectivity index (χ1n) is 6.14. The van der Waals surface area contributed by atoms with E-state index in [0.29, 0.717) is 11.7 Å². The van der Waals surface area contributed by atoms with E-state index in [4.69, 9.17) is 0 Å². The highest BCUT2D eigenvalue weighted by Gasteiger charge is 2.28. The van der Waals surface area contributed by atoms with Gasteiger partial charge in [0.05, 0.1) is 0 Å². The summed E-state index contributed by atoms with van der Waals surface area (Å²) >= 11 is 0. The number of allylic oxidation sites excluding steroid dienone is 2. The SMILES string of the molecule is O=C(CC1Cc2ccccc21)C1=CCCC1. The van der Waals surface area contributed by atoms with Crippen molar-refractivity contribution in [3.05, 3.63) is 47.0 Å². The Labute approximate surface area is 96.2 Å². The van der Waals surface area contributed by atoms with Gasteiger partial charge in [0.25, 0.3) is 0 Å². The normalized spacial score (nSPS) is 22.2. The van der Waals surface area contributed by atoms with Crippen LogP contribution >= 0.6 is 0 Å². The first-order chi connectivity index (χ1) is 7.84. The Balaban J connectivity index is 1.68. The van der Waals surface area contributed by atoms with E-state index in [-0.39, 0.29) is 0 Å². The molecule has 0 heterocycles. The highest BCUT2D eigenvalue weighted by Crippen LogP contribution is 2.38. The predicted octanol–water partition coefficient (Wildman–Crippen LogP) is 3.40. The van der Waals surface area contributed by atoms with Crippen LogP contribution in [0.25, 0.3) is 0 Å². The second kappa shape index (κ2) is 3.89. The Morgan fingerprint density at radius 1 is 1.31 bits per heavy atom. The van der Waals surface area contributed by atoms with Crippen molar-refractivity contribution in [1.29, 1.82) is 0 Å². The quantitative estimate of drug-likeness (QED) is 0.750. The fourth-order valence-corrected chi connectivity index (χ4v) is 2.82. The van der Waals surface area contributed by atoms with Gasteiger partial charge in [-0.25, -0.2) is 0 Å². The van der Waals surface area contributed by atoms with Gasteiger partial charge in [-0.3, -0.25) is 4.79 Å². The van der Waals surface area contributed by atoms with Crippen LogP contribution in [0.15, 0.2) is 35.9 Å². The molecule has 2 aliphatic rings. The average Bonchev–Trinajstić information content (AvgIpc) is 2.79. The molecule has 0 fully saturated rings. The van der Waals surface area contributed by atoms with Gasteiger partial charge in [0.1, 0.15) is 0 Å². The minimum Gasteiger partial charge on any atom is -0.295 e. The molecule has 0 amide bonds. The molecule has 1 atom stereocenters. The zero-order chi connectivity index (χ0) is 11.0. The number of hydrogen-bond donors (Lipinski definition) is 0. The van der Waals surface area contributed by atoms with E-state index < -0.39 is 0 Å². The summed E-state index contributed by atoms with van der Waals surface area (Å²) in [6.45, 7) is 0. The summed E-state index contributed by atoms with van der Waals surface area (Å²) in [5.41, 5.74) is 3.92. The van der Waals surface area contributed by atoms with Crippen LogP contribution in [0.2, 0.25) is 0 Å². The van der Waals surface area contributed by atoms with Crippen LogP contribution in [0, 0.1) is 0 Å². The van der Waals surface area contributed by atoms with E-state index in [1.165, 1.54) is 17.5 Å². The van der Waals surface area contributed by atoms with Crippen molar-refractivity contribution in [2.75, 3.05) is 0 Å². The van der Waals surface area contributed by atoms with Gasteiger partial charge in [-0.2, -0.15) is 0 Å². The van der Waals surface area contributed by atoms with Crippen LogP contribution in [0.3, 0.4) is 0 Å². The molecular weight excluding hydrogens is 196 g/mol. The molecule has 1 heteroatoms. The maximum Gasteiger partial charge on any atom is 0.159 e. The second-order valence-electron chi connectivity index (χ2n) is 4.85. The standard InChI is InChI=1S/C15H16O/c16-15(11-5-1-2-6-11)10-13-9-12-7-3-4-8-14(12)13/h3-5,7-8,13H,1-2,6,9-10H2. The van der Waals surface area contributed by atoms with Crippen molar-refractivity contribution in [2.45, 2.75) is 38.0 Å². The Hall–Kier alpha value is -1.37. The van der Waals surface area contributed by atoms with Crippen molar-refractivity contribution in [1.82, 2.24) is 0 Å². The monoisotopic (exact) mass is 212 g/mol. The van der Waals surface area contributed by atoms with Crippen LogP contribution in [-0.4, -0.2) is 5.78 Å². The zero-order valence-electron chi connectivity index (χ0n) is 9.41. The first kappa shape index (κ1) is 9.83. The summed E-state index contributed by atoms with van der Waals surface area (Å²) in [5, 5.41) is 0. The highest BCUT2D eigenvalue weighted by atomic mass is 16.1.